The van der Waals surface area contributed by atoms with Crippen molar-refractivity contribution in [3.05, 3.63) is 88.5 Å². The molecule has 1 aliphatic heterocycles. The van der Waals surface area contributed by atoms with Crippen LogP contribution in [0.2, 0.25) is 0 Å². The van der Waals surface area contributed by atoms with Crippen molar-refractivity contribution in [2.75, 3.05) is 33.4 Å². The molecule has 8 nitrogen and oxygen atoms in total. The molecule has 0 unspecified atom stereocenters. The van der Waals surface area contributed by atoms with Gasteiger partial charge >= 0.3 is 5.97 Å². The maximum atomic E-state index is 15.0. The zero-order valence-corrected chi connectivity index (χ0v) is 26.8. The molecule has 3 heterocycles. The number of aromatic carboxylic acids is 1. The lowest BCUT2D eigenvalue weighted by Crippen LogP contribution is -2.42. The number of halogens is 1. The number of nitrogens with zero attached hydrogens (tertiary/aromatic N) is 3. The molecule has 1 fully saturated rings. The highest BCUT2D eigenvalue weighted by Gasteiger charge is 2.24. The minimum absolute atomic E-state index is 0.0424. The van der Waals surface area contributed by atoms with Gasteiger partial charge in [-0.15, -0.1) is 0 Å². The molecule has 0 bridgehead atoms. The average Bonchev–Trinajstić information content (AvgIpc) is 3.37. The first kappa shape index (κ1) is 32.6. The van der Waals surface area contributed by atoms with Crippen LogP contribution in [0.15, 0.2) is 54.6 Å². The highest BCUT2D eigenvalue weighted by atomic mass is 19.1. The van der Waals surface area contributed by atoms with Crippen molar-refractivity contribution in [1.82, 2.24) is 14.5 Å². The monoisotopic (exact) mass is 625 g/mol. The maximum absolute atomic E-state index is 15.0. The third-order valence-electron chi connectivity index (χ3n) is 8.33. The van der Waals surface area contributed by atoms with Gasteiger partial charge in [-0.3, -0.25) is 4.79 Å². The Morgan fingerprint density at radius 3 is 2.57 bits per heavy atom. The van der Waals surface area contributed by atoms with Crippen LogP contribution in [0.4, 0.5) is 4.39 Å². The minimum Gasteiger partial charge on any atom is -0.497 e. The fraction of sp³-hybridized carbons (Fsp3) is 0.324. The molecule has 0 saturated carbocycles. The number of unbranched alkanes of at least 4 members (excludes halogenated alkanes) is 1. The van der Waals surface area contributed by atoms with Gasteiger partial charge in [0, 0.05) is 41.4 Å². The first-order chi connectivity index (χ1) is 22.2. The van der Waals surface area contributed by atoms with E-state index in [1.165, 1.54) is 13.2 Å². The van der Waals surface area contributed by atoms with E-state index in [9.17, 15) is 19.1 Å². The van der Waals surface area contributed by atoms with E-state index in [4.69, 9.17) is 14.5 Å². The molecule has 0 atom stereocenters. The van der Waals surface area contributed by atoms with E-state index < -0.39 is 11.8 Å². The summed E-state index contributed by atoms with van der Waals surface area (Å²) in [5.41, 5.74) is 6.13. The van der Waals surface area contributed by atoms with Crippen molar-refractivity contribution in [2.24, 2.45) is 0 Å². The summed E-state index contributed by atoms with van der Waals surface area (Å²) in [6, 6.07) is 13.6. The number of carboxylic acids is 1. The van der Waals surface area contributed by atoms with Gasteiger partial charge in [-0.05, 0) is 80.3 Å². The van der Waals surface area contributed by atoms with Crippen LogP contribution in [0.3, 0.4) is 0 Å². The smallest absolute Gasteiger partial charge is 0.335 e. The normalized spacial score (nSPS) is 13.9. The summed E-state index contributed by atoms with van der Waals surface area (Å²) in [5, 5.41) is 10.8. The Kier molecular flexibility index (Phi) is 10.3. The largest absolute Gasteiger partial charge is 0.497 e. The highest BCUT2D eigenvalue weighted by Crippen LogP contribution is 2.35. The molecule has 1 aliphatic rings. The van der Waals surface area contributed by atoms with Gasteiger partial charge < -0.3 is 24.0 Å². The van der Waals surface area contributed by atoms with Crippen LogP contribution in [-0.2, 0) is 22.5 Å². The number of methoxy groups -OCH3 is 1. The Labute approximate surface area is 268 Å². The van der Waals surface area contributed by atoms with E-state index in [1.807, 2.05) is 48.8 Å². The summed E-state index contributed by atoms with van der Waals surface area (Å²) >= 11 is 0. The van der Waals surface area contributed by atoms with Crippen LogP contribution >= 0.6 is 0 Å². The molecule has 0 radical (unpaired) electrons. The van der Waals surface area contributed by atoms with Crippen molar-refractivity contribution in [2.45, 2.75) is 46.6 Å². The van der Waals surface area contributed by atoms with Crippen LogP contribution < -0.4 is 4.74 Å². The van der Waals surface area contributed by atoms with E-state index in [-0.39, 0.29) is 18.0 Å². The molecule has 4 aromatic rings. The molecule has 2 aromatic carbocycles. The summed E-state index contributed by atoms with van der Waals surface area (Å²) in [4.78, 5) is 32.2. The first-order valence-corrected chi connectivity index (χ1v) is 15.7. The molecule has 46 heavy (non-hydrogen) atoms. The van der Waals surface area contributed by atoms with Gasteiger partial charge in [0.25, 0.3) is 0 Å². The zero-order valence-electron chi connectivity index (χ0n) is 26.8. The second-order valence-corrected chi connectivity index (χ2v) is 11.4. The number of carbonyl (C=O) groups is 2. The van der Waals surface area contributed by atoms with E-state index in [1.54, 1.807) is 35.2 Å². The van der Waals surface area contributed by atoms with Gasteiger partial charge in [0.1, 0.15) is 18.1 Å². The third kappa shape index (κ3) is 6.89. The molecule has 5 rings (SSSR count). The van der Waals surface area contributed by atoms with E-state index in [0.717, 1.165) is 47.0 Å². The second kappa shape index (κ2) is 14.6. The SMILES string of the molecule is C/C=C\c1nc(-c2ccc(OC)cc2F)ccc1/C=C(\C)c1c(CCCC)c2ccc(C(=O)O)cc2n1CC(=O)N1CCOCC1. The summed E-state index contributed by atoms with van der Waals surface area (Å²) < 4.78 is 27.5. The number of hydrogen-bond donors (Lipinski definition) is 1. The number of amides is 1. The Balaban J connectivity index is 1.66. The number of aryl methyl sites for hydroxylation is 1. The van der Waals surface area contributed by atoms with Crippen molar-refractivity contribution < 1.29 is 28.6 Å². The zero-order chi connectivity index (χ0) is 32.8. The fourth-order valence-electron chi connectivity index (χ4n) is 6.01. The molecule has 1 amide bonds. The Morgan fingerprint density at radius 1 is 1.11 bits per heavy atom. The lowest BCUT2D eigenvalue weighted by Gasteiger charge is -2.27. The average molecular weight is 626 g/mol. The van der Waals surface area contributed by atoms with E-state index in [0.29, 0.717) is 54.5 Å². The third-order valence-corrected chi connectivity index (χ3v) is 8.33. The molecule has 2 aromatic heterocycles. The number of carbonyl (C=O) groups excluding carboxylic acids is 1. The number of rotatable bonds is 11. The Bertz CT molecular complexity index is 1820. The summed E-state index contributed by atoms with van der Waals surface area (Å²) in [6.07, 6.45) is 8.50. The number of fused-ring (bicyclic) bond motifs is 1. The molecule has 240 valence electrons. The standard InChI is InChI=1S/C37H40FN3O5/c1-5-7-9-29-28-13-10-26(37(43)44)21-34(28)41(23-35(42)40-16-18-46-19-17-40)36(29)24(3)20-25-11-15-33(39-32(25)8-6-2)30-14-12-27(45-4)22-31(30)38/h6,8,10-15,20-22H,5,7,9,16-19,23H2,1-4H3,(H,43,44)/b8-6-,24-20+. The number of benzene rings is 2. The van der Waals surface area contributed by atoms with Gasteiger partial charge in [-0.1, -0.05) is 31.6 Å². The number of ether oxygens (including phenoxy) is 2. The van der Waals surface area contributed by atoms with Gasteiger partial charge in [-0.25, -0.2) is 14.2 Å². The number of aromatic nitrogens is 2. The van der Waals surface area contributed by atoms with Crippen LogP contribution in [0.5, 0.6) is 5.75 Å². The van der Waals surface area contributed by atoms with Crippen LogP contribution in [0.1, 0.15) is 66.5 Å². The van der Waals surface area contributed by atoms with Crippen LogP contribution in [-0.4, -0.2) is 64.8 Å². The van der Waals surface area contributed by atoms with E-state index >= 15 is 0 Å². The van der Waals surface area contributed by atoms with Crippen molar-refractivity contribution >= 4 is 40.5 Å². The quantitative estimate of drug-likeness (QED) is 0.187. The molecule has 1 N–H and O–H groups in total. The predicted octanol–water partition coefficient (Wildman–Crippen LogP) is 7.34. The van der Waals surface area contributed by atoms with Crippen molar-refractivity contribution in [3.63, 3.8) is 0 Å². The fourth-order valence-corrected chi connectivity index (χ4v) is 6.01. The number of carboxylic acid groups (broad SMARTS) is 1. The van der Waals surface area contributed by atoms with E-state index in [2.05, 4.69) is 6.92 Å². The van der Waals surface area contributed by atoms with Crippen molar-refractivity contribution in [1.29, 1.82) is 0 Å². The first-order valence-electron chi connectivity index (χ1n) is 15.7. The van der Waals surface area contributed by atoms with Crippen LogP contribution in [0.25, 0.3) is 39.9 Å². The van der Waals surface area contributed by atoms with Gasteiger partial charge in [0.15, 0.2) is 0 Å². The highest BCUT2D eigenvalue weighted by molar-refractivity contribution is 5.99. The molecule has 0 spiro atoms. The lowest BCUT2D eigenvalue weighted by atomic mass is 9.98. The summed E-state index contributed by atoms with van der Waals surface area (Å²) in [5.74, 6) is -1.05. The minimum atomic E-state index is -1.02. The summed E-state index contributed by atoms with van der Waals surface area (Å²) in [7, 11) is 1.50. The maximum Gasteiger partial charge on any atom is 0.335 e. The number of pyridine rings is 1. The number of hydrogen-bond acceptors (Lipinski definition) is 5. The van der Waals surface area contributed by atoms with Gasteiger partial charge in [0.05, 0.1) is 42.8 Å². The number of allylic oxidation sites excluding steroid dienone is 2. The van der Waals surface area contributed by atoms with Gasteiger partial charge in [-0.2, -0.15) is 0 Å². The molecule has 9 heteroatoms. The van der Waals surface area contributed by atoms with Gasteiger partial charge in [0.2, 0.25) is 5.91 Å². The number of morpholine rings is 1. The van der Waals surface area contributed by atoms with Crippen LogP contribution in [0, 0.1) is 5.82 Å². The molecule has 0 aliphatic carbocycles. The second-order valence-electron chi connectivity index (χ2n) is 11.4. The van der Waals surface area contributed by atoms with Crippen molar-refractivity contribution in [3.8, 4) is 17.0 Å². The molecule has 1 saturated heterocycles. The molecular weight excluding hydrogens is 585 g/mol. The summed E-state index contributed by atoms with van der Waals surface area (Å²) in [6.45, 7) is 8.14. The lowest BCUT2D eigenvalue weighted by molar-refractivity contribution is -0.135. The topological polar surface area (TPSA) is 93.9 Å². The predicted molar refractivity (Wildman–Crippen MR) is 179 cm³/mol. The molecular formula is C37H40FN3O5. The Morgan fingerprint density at radius 2 is 1.89 bits per heavy atom. The Hall–Kier alpha value is -4.76.